The monoisotopic (exact) mass is 320 g/mol. The van der Waals surface area contributed by atoms with Crippen LogP contribution in [0, 0.1) is 23.2 Å². The molecule has 2 amide bonds. The van der Waals surface area contributed by atoms with E-state index in [4.69, 9.17) is 0 Å². The van der Waals surface area contributed by atoms with Crippen molar-refractivity contribution in [1.82, 2.24) is 10.4 Å². The summed E-state index contributed by atoms with van der Waals surface area (Å²) in [6, 6.07) is -0.0208. The van der Waals surface area contributed by atoms with Crippen LogP contribution >= 0.6 is 0 Å². The van der Waals surface area contributed by atoms with Crippen LogP contribution in [-0.2, 0) is 9.59 Å². The molecular weight excluding hydrogens is 292 g/mol. The summed E-state index contributed by atoms with van der Waals surface area (Å²) in [5, 5.41) is 14.6. The minimum absolute atomic E-state index is 0.0208. The Labute approximate surface area is 137 Å². The second-order valence-electron chi connectivity index (χ2n) is 8.76. The SMILES string of the molecule is CC12CCC3C(CCC4N(O)C(=O)CCC34C)C1CCC(=O)N2. The molecule has 0 radical (unpaired) electrons. The average molecular weight is 320 g/mol. The molecule has 5 heteroatoms. The zero-order valence-electron chi connectivity index (χ0n) is 14.2. The normalized spacial score (nSPS) is 49.8. The number of carbonyl (C=O) groups excluding carboxylic acids is 2. The molecule has 2 saturated heterocycles. The summed E-state index contributed by atoms with van der Waals surface area (Å²) < 4.78 is 0. The first-order valence-electron chi connectivity index (χ1n) is 9.17. The van der Waals surface area contributed by atoms with Crippen molar-refractivity contribution in [3.8, 4) is 0 Å². The minimum atomic E-state index is -0.114. The summed E-state index contributed by atoms with van der Waals surface area (Å²) in [6.45, 7) is 4.51. The van der Waals surface area contributed by atoms with Crippen LogP contribution < -0.4 is 5.32 Å². The van der Waals surface area contributed by atoms with Gasteiger partial charge in [-0.05, 0) is 68.6 Å². The molecule has 0 aromatic rings. The fourth-order valence-corrected chi connectivity index (χ4v) is 6.53. The lowest BCUT2D eigenvalue weighted by atomic mass is 9.47. The van der Waals surface area contributed by atoms with Crippen molar-refractivity contribution in [2.45, 2.75) is 76.8 Å². The molecule has 0 spiro atoms. The number of nitrogens with zero attached hydrogens (tertiary/aromatic N) is 1. The molecule has 4 fully saturated rings. The van der Waals surface area contributed by atoms with E-state index in [1.807, 2.05) is 0 Å². The number of amides is 2. The van der Waals surface area contributed by atoms with Gasteiger partial charge in [-0.15, -0.1) is 0 Å². The fraction of sp³-hybridized carbons (Fsp3) is 0.889. The highest BCUT2D eigenvalue weighted by molar-refractivity contribution is 5.78. The van der Waals surface area contributed by atoms with E-state index < -0.39 is 0 Å². The maximum Gasteiger partial charge on any atom is 0.246 e. The van der Waals surface area contributed by atoms with E-state index in [0.29, 0.717) is 30.6 Å². The smallest absolute Gasteiger partial charge is 0.246 e. The van der Waals surface area contributed by atoms with Crippen LogP contribution in [0.15, 0.2) is 0 Å². The molecule has 0 aromatic heterocycles. The molecule has 6 unspecified atom stereocenters. The lowest BCUT2D eigenvalue weighted by Crippen LogP contribution is -2.66. The summed E-state index contributed by atoms with van der Waals surface area (Å²) in [6.07, 6.45) is 7.06. The molecule has 0 bridgehead atoms. The van der Waals surface area contributed by atoms with Gasteiger partial charge >= 0.3 is 0 Å². The minimum Gasteiger partial charge on any atom is -0.351 e. The molecule has 4 rings (SSSR count). The van der Waals surface area contributed by atoms with Gasteiger partial charge in [-0.1, -0.05) is 6.92 Å². The number of nitrogens with one attached hydrogen (secondary N) is 1. The zero-order chi connectivity index (χ0) is 16.4. The Kier molecular flexibility index (Phi) is 3.32. The van der Waals surface area contributed by atoms with Gasteiger partial charge in [0.2, 0.25) is 11.8 Å². The zero-order valence-corrected chi connectivity index (χ0v) is 14.2. The third kappa shape index (κ3) is 2.08. The molecule has 2 N–H and O–H groups in total. The number of hydrogen-bond donors (Lipinski definition) is 2. The van der Waals surface area contributed by atoms with Crippen LogP contribution in [0.2, 0.25) is 0 Å². The van der Waals surface area contributed by atoms with Crippen molar-refractivity contribution in [3.05, 3.63) is 0 Å². The van der Waals surface area contributed by atoms with Gasteiger partial charge < -0.3 is 5.32 Å². The quantitative estimate of drug-likeness (QED) is 0.674. The van der Waals surface area contributed by atoms with E-state index >= 15 is 0 Å². The van der Waals surface area contributed by atoms with Crippen LogP contribution in [0.3, 0.4) is 0 Å². The van der Waals surface area contributed by atoms with E-state index in [1.54, 1.807) is 0 Å². The number of hydroxylamine groups is 2. The Morgan fingerprint density at radius 2 is 1.83 bits per heavy atom. The van der Waals surface area contributed by atoms with Crippen molar-refractivity contribution >= 4 is 11.8 Å². The van der Waals surface area contributed by atoms with Gasteiger partial charge in [0.05, 0.1) is 6.04 Å². The highest BCUT2D eigenvalue weighted by atomic mass is 16.5. The van der Waals surface area contributed by atoms with Crippen molar-refractivity contribution in [1.29, 1.82) is 0 Å². The second-order valence-corrected chi connectivity index (χ2v) is 8.76. The summed E-state index contributed by atoms with van der Waals surface area (Å²) >= 11 is 0. The third-order valence-corrected chi connectivity index (χ3v) is 7.74. The Balaban J connectivity index is 1.64. The fourth-order valence-electron chi connectivity index (χ4n) is 6.53. The standard InChI is InChI=1S/C18H28N2O3/c1-17-9-8-16(22)20(23)14(17)5-3-11-12(17)7-10-18(2)13(11)4-6-15(21)19-18/h11-14,23H,3-10H2,1-2H3,(H,19,21). The molecule has 2 saturated carbocycles. The molecule has 4 aliphatic rings. The number of piperidine rings is 2. The van der Waals surface area contributed by atoms with Gasteiger partial charge in [-0.25, -0.2) is 5.06 Å². The summed E-state index contributed by atoms with van der Waals surface area (Å²) in [5.74, 6) is 1.79. The number of carbonyl (C=O) groups is 2. The van der Waals surface area contributed by atoms with Crippen LogP contribution in [0.5, 0.6) is 0 Å². The second kappa shape index (κ2) is 4.95. The predicted octanol–water partition coefficient (Wildman–Crippen LogP) is 2.48. The molecule has 2 aliphatic carbocycles. The highest BCUT2D eigenvalue weighted by Crippen LogP contribution is 2.60. The molecule has 2 heterocycles. The van der Waals surface area contributed by atoms with Gasteiger partial charge in [-0.3, -0.25) is 14.8 Å². The average Bonchev–Trinajstić information content (AvgIpc) is 2.50. The summed E-state index contributed by atoms with van der Waals surface area (Å²) in [4.78, 5) is 23.8. The Hall–Kier alpha value is -1.10. The van der Waals surface area contributed by atoms with E-state index in [1.165, 1.54) is 0 Å². The van der Waals surface area contributed by atoms with Crippen LogP contribution in [0.25, 0.3) is 0 Å². The molecule has 128 valence electrons. The number of rotatable bonds is 0. The lowest BCUT2D eigenvalue weighted by Gasteiger charge is -2.62. The molecule has 2 aliphatic heterocycles. The van der Waals surface area contributed by atoms with Crippen molar-refractivity contribution in [2.75, 3.05) is 0 Å². The number of fused-ring (bicyclic) bond motifs is 5. The number of hydrogen-bond acceptors (Lipinski definition) is 3. The van der Waals surface area contributed by atoms with Crippen molar-refractivity contribution in [3.63, 3.8) is 0 Å². The first-order chi connectivity index (χ1) is 10.8. The molecule has 5 nitrogen and oxygen atoms in total. The van der Waals surface area contributed by atoms with Crippen LogP contribution in [0.4, 0.5) is 0 Å². The Morgan fingerprint density at radius 1 is 1.04 bits per heavy atom. The summed E-state index contributed by atoms with van der Waals surface area (Å²) in [7, 11) is 0. The highest BCUT2D eigenvalue weighted by Gasteiger charge is 2.59. The molecule has 0 aromatic carbocycles. The predicted molar refractivity (Wildman–Crippen MR) is 84.5 cm³/mol. The van der Waals surface area contributed by atoms with E-state index in [0.717, 1.165) is 43.6 Å². The van der Waals surface area contributed by atoms with Crippen molar-refractivity contribution < 1.29 is 14.8 Å². The lowest BCUT2D eigenvalue weighted by molar-refractivity contribution is -0.223. The van der Waals surface area contributed by atoms with Gasteiger partial charge in [0.1, 0.15) is 0 Å². The maximum absolute atomic E-state index is 11.9. The first kappa shape index (κ1) is 15.4. The van der Waals surface area contributed by atoms with Gasteiger partial charge in [0.25, 0.3) is 0 Å². The first-order valence-corrected chi connectivity index (χ1v) is 9.17. The summed E-state index contributed by atoms with van der Waals surface area (Å²) in [5.41, 5.74) is -0.0303. The van der Waals surface area contributed by atoms with E-state index in [-0.39, 0.29) is 28.8 Å². The van der Waals surface area contributed by atoms with Crippen molar-refractivity contribution in [2.24, 2.45) is 23.2 Å². The van der Waals surface area contributed by atoms with Crippen LogP contribution in [-0.4, -0.2) is 33.7 Å². The van der Waals surface area contributed by atoms with Gasteiger partial charge in [0.15, 0.2) is 0 Å². The maximum atomic E-state index is 11.9. The largest absolute Gasteiger partial charge is 0.351 e. The van der Waals surface area contributed by atoms with Crippen LogP contribution in [0.1, 0.15) is 65.2 Å². The molecular formula is C18H28N2O3. The van der Waals surface area contributed by atoms with Gasteiger partial charge in [-0.2, -0.15) is 0 Å². The third-order valence-electron chi connectivity index (χ3n) is 7.74. The molecule has 23 heavy (non-hydrogen) atoms. The Bertz CT molecular complexity index is 550. The molecule has 6 atom stereocenters. The topological polar surface area (TPSA) is 69.6 Å². The van der Waals surface area contributed by atoms with Gasteiger partial charge in [0, 0.05) is 18.4 Å². The van der Waals surface area contributed by atoms with E-state index in [2.05, 4.69) is 19.2 Å². The van der Waals surface area contributed by atoms with E-state index in [9.17, 15) is 14.8 Å². The Morgan fingerprint density at radius 3 is 2.61 bits per heavy atom.